The molecule has 0 bridgehead atoms. The number of fused-ring (bicyclic) bond motifs is 2. The Balaban J connectivity index is 1.45. The molecule has 1 saturated carbocycles. The van der Waals surface area contributed by atoms with E-state index < -0.39 is 28.8 Å². The fraction of sp³-hybridized carbons (Fsp3) is 0.586. The zero-order valence-corrected chi connectivity index (χ0v) is 43.4. The lowest BCUT2D eigenvalue weighted by Gasteiger charge is -2.59. The van der Waals surface area contributed by atoms with E-state index in [2.05, 4.69) is 19.6 Å². The van der Waals surface area contributed by atoms with Gasteiger partial charge in [0.1, 0.15) is 36.6 Å². The maximum absolute atomic E-state index is 14.9. The van der Waals surface area contributed by atoms with Crippen LogP contribution in [0.2, 0.25) is 0 Å². The SMILES string of the molecule is C=CCO[C@@]12Oc3ccc(OCc4ccccc4F)cc3[C@H]3[C@H](CCCCO)[C@@H](CCCCO)C=C(C(=NOCc4ccc([N+](=O)[O-])cc4)C[C@@H]1N(CCOCCO)C(=O)OCCCCCCCCCCCC)[C@H]32. The van der Waals surface area contributed by atoms with Crippen molar-refractivity contribution in [2.24, 2.45) is 22.9 Å². The third-order valence-corrected chi connectivity index (χ3v) is 14.6. The van der Waals surface area contributed by atoms with E-state index in [0.29, 0.717) is 60.4 Å². The topological polar surface area (TPSA) is 192 Å². The standard InChI is InChI=1S/C58H80FN3O12/c1-3-5-6-7-8-9-10-11-12-19-35-70-57(66)61(30-36-69-37-33-65)54-40-52(60-73-41-43-24-26-46(27-25-43)62(67)68)49-38-44(20-15-17-31-63)48(22-16-18-32-64)55-50-39-47(71-42-45-21-13-14-23-51(45)59)28-29-53(50)74-58(54,56(49)55)72-34-4-2/h4,13-14,21,23-29,38-39,44,48,54-56,63-65H,2-3,5-12,15-20,22,30-37,40-42H2,1H3/t44-,48+,54-,55+,56+,58+/m0/s1. The number of oxime groups is 1. The number of rotatable bonds is 35. The van der Waals surface area contributed by atoms with Crippen molar-refractivity contribution in [1.82, 2.24) is 4.90 Å². The largest absolute Gasteiger partial charge is 0.489 e. The molecular formula is C58H80FN3O12. The molecule has 6 rings (SSSR count). The number of allylic oxidation sites excluding steroid dienone is 1. The van der Waals surface area contributed by atoms with Gasteiger partial charge in [-0.15, -0.1) is 6.58 Å². The van der Waals surface area contributed by atoms with Crippen LogP contribution in [0, 0.1) is 33.7 Å². The summed E-state index contributed by atoms with van der Waals surface area (Å²) in [5, 5.41) is 46.1. The fourth-order valence-corrected chi connectivity index (χ4v) is 10.9. The van der Waals surface area contributed by atoms with E-state index in [1.807, 2.05) is 12.1 Å². The minimum Gasteiger partial charge on any atom is -0.489 e. The molecule has 1 amide bonds. The number of benzene rings is 3. The Labute approximate surface area is 436 Å². The number of ether oxygens (including phenoxy) is 5. The Morgan fingerprint density at radius 3 is 2.28 bits per heavy atom. The van der Waals surface area contributed by atoms with Crippen LogP contribution in [0.3, 0.4) is 0 Å². The zero-order chi connectivity index (χ0) is 52.5. The van der Waals surface area contributed by atoms with E-state index in [1.54, 1.807) is 47.4 Å². The second kappa shape index (κ2) is 30.8. The first-order valence-corrected chi connectivity index (χ1v) is 27.1. The van der Waals surface area contributed by atoms with E-state index in [9.17, 15) is 34.6 Å². The Morgan fingerprint density at radius 2 is 1.59 bits per heavy atom. The van der Waals surface area contributed by atoms with E-state index in [4.69, 9.17) is 33.7 Å². The number of carbonyl (C=O) groups is 1. The number of halogens is 1. The van der Waals surface area contributed by atoms with Gasteiger partial charge in [0.2, 0.25) is 5.79 Å². The number of nitro groups is 1. The summed E-state index contributed by atoms with van der Waals surface area (Å²) >= 11 is 0. The molecule has 3 N–H and O–H groups in total. The van der Waals surface area contributed by atoms with Gasteiger partial charge in [-0.05, 0) is 91.5 Å². The summed E-state index contributed by atoms with van der Waals surface area (Å²) in [7, 11) is 0. The second-order valence-corrected chi connectivity index (χ2v) is 19.7. The van der Waals surface area contributed by atoms with E-state index in [-0.39, 0.29) is 102 Å². The number of unbranched alkanes of at least 4 members (excludes halogenated alkanes) is 11. The van der Waals surface area contributed by atoms with Crippen molar-refractivity contribution < 1.29 is 57.9 Å². The predicted octanol–water partition coefficient (Wildman–Crippen LogP) is 11.5. The van der Waals surface area contributed by atoms with Gasteiger partial charge in [-0.1, -0.05) is 113 Å². The normalized spacial score (nSPS) is 21.2. The Bertz CT molecular complexity index is 2260. The summed E-state index contributed by atoms with van der Waals surface area (Å²) in [6.45, 7) is 6.53. The van der Waals surface area contributed by atoms with Gasteiger partial charge >= 0.3 is 6.09 Å². The molecule has 3 aromatic carbocycles. The summed E-state index contributed by atoms with van der Waals surface area (Å²) in [5.74, 6) is -2.06. The van der Waals surface area contributed by atoms with E-state index in [1.165, 1.54) is 56.7 Å². The van der Waals surface area contributed by atoms with Crippen molar-refractivity contribution in [2.45, 2.75) is 147 Å². The van der Waals surface area contributed by atoms with Gasteiger partial charge in [-0.25, -0.2) is 9.18 Å². The molecule has 16 heteroatoms. The van der Waals surface area contributed by atoms with Gasteiger partial charge in [0.15, 0.2) is 0 Å². The zero-order valence-electron chi connectivity index (χ0n) is 43.4. The summed E-state index contributed by atoms with van der Waals surface area (Å²) in [4.78, 5) is 33.7. The summed E-state index contributed by atoms with van der Waals surface area (Å²) in [6, 6.07) is 17.2. The highest BCUT2D eigenvalue weighted by atomic mass is 19.1. The highest BCUT2D eigenvalue weighted by Crippen LogP contribution is 2.62. The molecular weight excluding hydrogens is 950 g/mol. The lowest BCUT2D eigenvalue weighted by atomic mass is 9.55. The van der Waals surface area contributed by atoms with Crippen molar-refractivity contribution >= 4 is 17.5 Å². The number of aliphatic hydroxyl groups is 3. The maximum atomic E-state index is 14.9. The summed E-state index contributed by atoms with van der Waals surface area (Å²) < 4.78 is 47.7. The first kappa shape index (κ1) is 57.9. The number of hydrogen-bond donors (Lipinski definition) is 3. The molecule has 1 fully saturated rings. The van der Waals surface area contributed by atoms with Crippen LogP contribution in [0.5, 0.6) is 11.5 Å². The quantitative estimate of drug-likeness (QED) is 0.0219. The van der Waals surface area contributed by atoms with Crippen molar-refractivity contribution in [3.63, 3.8) is 0 Å². The van der Waals surface area contributed by atoms with Crippen LogP contribution in [-0.4, -0.2) is 102 Å². The average molecular weight is 1030 g/mol. The lowest BCUT2D eigenvalue weighted by Crippen LogP contribution is -2.70. The molecule has 0 saturated heterocycles. The number of hydrogen-bond acceptors (Lipinski definition) is 13. The van der Waals surface area contributed by atoms with Crippen LogP contribution in [0.15, 0.2) is 96.2 Å². The van der Waals surface area contributed by atoms with E-state index in [0.717, 1.165) is 43.2 Å². The Morgan fingerprint density at radius 1 is 0.878 bits per heavy atom. The summed E-state index contributed by atoms with van der Waals surface area (Å²) in [6.07, 6.45) is 18.7. The number of non-ortho nitro benzene ring substituents is 1. The summed E-state index contributed by atoms with van der Waals surface area (Å²) in [5.41, 5.74) is 3.21. The number of nitrogens with zero attached hydrogens (tertiary/aromatic N) is 3. The molecule has 15 nitrogen and oxygen atoms in total. The van der Waals surface area contributed by atoms with Crippen LogP contribution >= 0.6 is 0 Å². The highest BCUT2D eigenvalue weighted by molar-refractivity contribution is 6.03. The van der Waals surface area contributed by atoms with Gasteiger partial charge in [-0.3, -0.25) is 15.0 Å². The fourth-order valence-electron chi connectivity index (χ4n) is 10.9. The molecule has 406 valence electrons. The van der Waals surface area contributed by atoms with E-state index >= 15 is 0 Å². The molecule has 3 aliphatic rings. The predicted molar refractivity (Wildman–Crippen MR) is 281 cm³/mol. The second-order valence-electron chi connectivity index (χ2n) is 19.7. The van der Waals surface area contributed by atoms with Crippen LogP contribution in [0.4, 0.5) is 14.9 Å². The number of nitro benzene ring substituents is 1. The van der Waals surface area contributed by atoms with Crippen molar-refractivity contribution in [1.29, 1.82) is 0 Å². The molecule has 0 aromatic heterocycles. The maximum Gasteiger partial charge on any atom is 0.410 e. The third-order valence-electron chi connectivity index (χ3n) is 14.6. The molecule has 0 spiro atoms. The minimum absolute atomic E-state index is 0.00297. The van der Waals surface area contributed by atoms with Gasteiger partial charge in [0.05, 0.1) is 49.6 Å². The van der Waals surface area contributed by atoms with Crippen molar-refractivity contribution in [2.75, 3.05) is 52.8 Å². The molecule has 0 unspecified atom stereocenters. The van der Waals surface area contributed by atoms with Crippen LogP contribution in [-0.2, 0) is 32.3 Å². The first-order valence-electron chi connectivity index (χ1n) is 27.1. The monoisotopic (exact) mass is 1030 g/mol. The third kappa shape index (κ3) is 15.8. The highest BCUT2D eigenvalue weighted by Gasteiger charge is 2.65. The average Bonchev–Trinajstić information content (AvgIpc) is 3.46. The molecule has 2 aliphatic carbocycles. The van der Waals surface area contributed by atoms with Gasteiger partial charge in [0, 0.05) is 55.4 Å². The number of aliphatic hydroxyl groups excluding tert-OH is 3. The smallest absolute Gasteiger partial charge is 0.410 e. The molecule has 0 radical (unpaired) electrons. The number of carbonyl (C=O) groups excluding carboxylic acids is 1. The van der Waals surface area contributed by atoms with Gasteiger partial charge in [-0.2, -0.15) is 0 Å². The van der Waals surface area contributed by atoms with Crippen LogP contribution < -0.4 is 9.47 Å². The van der Waals surface area contributed by atoms with Crippen molar-refractivity contribution in [3.05, 3.63) is 124 Å². The first-order chi connectivity index (χ1) is 36.2. The molecule has 3 aromatic rings. The minimum atomic E-state index is -1.58. The molecule has 74 heavy (non-hydrogen) atoms. The molecule has 1 heterocycles. The van der Waals surface area contributed by atoms with Crippen LogP contribution in [0.1, 0.15) is 139 Å². The Hall–Kier alpha value is -5.39. The van der Waals surface area contributed by atoms with Gasteiger partial charge in [0.25, 0.3) is 5.69 Å². The molecule has 1 aliphatic heterocycles. The van der Waals surface area contributed by atoms with Crippen LogP contribution in [0.25, 0.3) is 0 Å². The number of amides is 1. The van der Waals surface area contributed by atoms with Gasteiger partial charge < -0.3 is 43.8 Å². The Kier molecular flexibility index (Phi) is 24.1. The lowest BCUT2D eigenvalue weighted by molar-refractivity contribution is -0.384. The molecule has 6 atom stereocenters. The van der Waals surface area contributed by atoms with Crippen molar-refractivity contribution in [3.8, 4) is 11.5 Å².